The van der Waals surface area contributed by atoms with E-state index in [1.54, 1.807) is 11.0 Å². The average Bonchev–Trinajstić information content (AvgIpc) is 3.15. The van der Waals surface area contributed by atoms with Crippen molar-refractivity contribution in [3.63, 3.8) is 0 Å². The van der Waals surface area contributed by atoms with Crippen molar-refractivity contribution in [1.29, 1.82) is 0 Å². The molecular formula is C30H51NO3. The normalized spacial score (nSPS) is 19.0. The number of Topliss-reactive ketones (excluding diaryl/α,β-unsaturated/α-hetero) is 1. The van der Waals surface area contributed by atoms with E-state index in [1.165, 1.54) is 96.3 Å². The molecule has 2 aliphatic rings. The van der Waals surface area contributed by atoms with Crippen LogP contribution in [0.25, 0.3) is 0 Å². The van der Waals surface area contributed by atoms with Crippen molar-refractivity contribution in [3.8, 4) is 0 Å². The Hall–Kier alpha value is -1.58. The molecule has 1 saturated carbocycles. The average molecular weight is 474 g/mol. The maximum atomic E-state index is 12.7. The van der Waals surface area contributed by atoms with Crippen molar-refractivity contribution in [2.24, 2.45) is 0 Å². The van der Waals surface area contributed by atoms with E-state index in [2.05, 4.69) is 6.92 Å². The van der Waals surface area contributed by atoms with Gasteiger partial charge in [-0.1, -0.05) is 122 Å². The molecule has 194 valence electrons. The lowest BCUT2D eigenvalue weighted by atomic mass is 9.94. The number of rotatable bonds is 18. The Morgan fingerprint density at radius 2 is 1.29 bits per heavy atom. The number of carbonyl (C=O) groups is 2. The van der Waals surface area contributed by atoms with Crippen molar-refractivity contribution < 1.29 is 14.7 Å². The summed E-state index contributed by atoms with van der Waals surface area (Å²) in [5.74, 6) is -0.648. The van der Waals surface area contributed by atoms with Crippen LogP contribution in [0.4, 0.5) is 0 Å². The summed E-state index contributed by atoms with van der Waals surface area (Å²) in [6, 6.07) is 0.166. The van der Waals surface area contributed by atoms with Gasteiger partial charge >= 0.3 is 0 Å². The lowest BCUT2D eigenvalue weighted by Gasteiger charge is -2.30. The Balaban J connectivity index is 1.48. The van der Waals surface area contributed by atoms with Crippen LogP contribution in [-0.2, 0) is 9.59 Å². The number of unbranched alkanes of at least 4 members (excludes halogenated alkanes) is 15. The van der Waals surface area contributed by atoms with Gasteiger partial charge in [-0.15, -0.1) is 0 Å². The summed E-state index contributed by atoms with van der Waals surface area (Å²) < 4.78 is 0. The van der Waals surface area contributed by atoms with Crippen molar-refractivity contribution in [1.82, 2.24) is 4.90 Å². The molecule has 1 amide bonds. The summed E-state index contributed by atoms with van der Waals surface area (Å²) in [7, 11) is 0. The fourth-order valence-electron chi connectivity index (χ4n) is 5.42. The molecule has 2 rings (SSSR count). The molecule has 0 bridgehead atoms. The zero-order valence-corrected chi connectivity index (χ0v) is 22.0. The van der Waals surface area contributed by atoms with Crippen molar-refractivity contribution in [2.75, 3.05) is 6.54 Å². The third kappa shape index (κ3) is 10.8. The Morgan fingerprint density at radius 3 is 1.82 bits per heavy atom. The summed E-state index contributed by atoms with van der Waals surface area (Å²) in [4.78, 5) is 26.7. The second-order valence-electron chi connectivity index (χ2n) is 10.5. The largest absolute Gasteiger partial charge is 0.507 e. The highest BCUT2D eigenvalue weighted by Crippen LogP contribution is 2.28. The molecule has 1 aliphatic heterocycles. The molecule has 0 spiro atoms. The minimum atomic E-state index is -0.272. The number of ketones is 1. The third-order valence-electron chi connectivity index (χ3n) is 7.59. The molecule has 1 saturated heterocycles. The van der Waals surface area contributed by atoms with E-state index in [9.17, 15) is 14.7 Å². The smallest absolute Gasteiger partial charge is 0.261 e. The van der Waals surface area contributed by atoms with E-state index in [1.807, 2.05) is 6.08 Å². The molecule has 34 heavy (non-hydrogen) atoms. The lowest BCUT2D eigenvalue weighted by Crippen LogP contribution is -2.38. The molecule has 0 aromatic rings. The highest BCUT2D eigenvalue weighted by molar-refractivity contribution is 6.25. The van der Waals surface area contributed by atoms with Gasteiger partial charge in [0.1, 0.15) is 11.3 Å². The van der Waals surface area contributed by atoms with Gasteiger partial charge in [0.15, 0.2) is 5.78 Å². The second kappa shape index (κ2) is 17.8. The van der Waals surface area contributed by atoms with Crippen LogP contribution < -0.4 is 0 Å². The first kappa shape index (κ1) is 28.7. The Kier molecular flexibility index (Phi) is 15.0. The molecule has 1 aliphatic carbocycles. The fraction of sp³-hybridized carbons (Fsp3) is 0.800. The molecule has 0 unspecified atom stereocenters. The van der Waals surface area contributed by atoms with Crippen molar-refractivity contribution in [3.05, 3.63) is 23.5 Å². The van der Waals surface area contributed by atoms with Gasteiger partial charge in [0.2, 0.25) is 0 Å². The Morgan fingerprint density at radius 1 is 0.794 bits per heavy atom. The molecule has 0 aromatic carbocycles. The quantitative estimate of drug-likeness (QED) is 0.0941. The van der Waals surface area contributed by atoms with Crippen LogP contribution in [0, 0.1) is 0 Å². The minimum absolute atomic E-state index is 0.00156. The maximum Gasteiger partial charge on any atom is 0.261 e. The van der Waals surface area contributed by atoms with Gasteiger partial charge in [-0.3, -0.25) is 9.59 Å². The van der Waals surface area contributed by atoms with Gasteiger partial charge in [-0.2, -0.15) is 0 Å². The number of hydrogen-bond donors (Lipinski definition) is 1. The van der Waals surface area contributed by atoms with Crippen LogP contribution in [0.2, 0.25) is 0 Å². The zero-order chi connectivity index (χ0) is 24.4. The summed E-state index contributed by atoms with van der Waals surface area (Å²) >= 11 is 0. The summed E-state index contributed by atoms with van der Waals surface area (Å²) in [5.41, 5.74) is -0.00156. The monoisotopic (exact) mass is 473 g/mol. The second-order valence-corrected chi connectivity index (χ2v) is 10.5. The van der Waals surface area contributed by atoms with Gasteiger partial charge in [0.05, 0.1) is 6.54 Å². The van der Waals surface area contributed by atoms with Crippen LogP contribution in [-0.4, -0.2) is 34.3 Å². The number of nitrogens with zero attached hydrogens (tertiary/aromatic N) is 1. The molecule has 2 fully saturated rings. The Bertz CT molecular complexity index is 645. The number of aliphatic hydroxyl groups excluding tert-OH is 1. The van der Waals surface area contributed by atoms with E-state index >= 15 is 0 Å². The molecule has 1 N–H and O–H groups in total. The van der Waals surface area contributed by atoms with Crippen LogP contribution in [0.15, 0.2) is 23.5 Å². The van der Waals surface area contributed by atoms with Gasteiger partial charge in [-0.25, -0.2) is 0 Å². The van der Waals surface area contributed by atoms with E-state index in [4.69, 9.17) is 0 Å². The molecule has 1 heterocycles. The Labute approximate surface area is 209 Å². The SMILES string of the molecule is CCCCCCCCCCCCCCCCCC=CC(O)=C1C(=O)CN(C2CCCCC2)C1=O. The first-order valence-corrected chi connectivity index (χ1v) is 14.6. The van der Waals surface area contributed by atoms with Gasteiger partial charge in [0, 0.05) is 6.04 Å². The minimum Gasteiger partial charge on any atom is -0.507 e. The van der Waals surface area contributed by atoms with Crippen LogP contribution in [0.1, 0.15) is 142 Å². The number of amides is 1. The molecule has 0 radical (unpaired) electrons. The molecule has 4 heteroatoms. The summed E-state index contributed by atoms with van der Waals surface area (Å²) in [6.07, 6.45) is 30.0. The summed E-state index contributed by atoms with van der Waals surface area (Å²) in [5, 5.41) is 10.4. The zero-order valence-electron chi connectivity index (χ0n) is 22.0. The van der Waals surface area contributed by atoms with Gasteiger partial charge < -0.3 is 10.0 Å². The number of allylic oxidation sites excluding steroid dienone is 2. The third-order valence-corrected chi connectivity index (χ3v) is 7.59. The highest BCUT2D eigenvalue weighted by Gasteiger charge is 2.39. The molecule has 0 atom stereocenters. The molecular weight excluding hydrogens is 422 g/mol. The van der Waals surface area contributed by atoms with Crippen molar-refractivity contribution in [2.45, 2.75) is 148 Å². The first-order chi connectivity index (χ1) is 16.6. The van der Waals surface area contributed by atoms with E-state index in [0.29, 0.717) is 0 Å². The maximum absolute atomic E-state index is 12.7. The number of hydrogen-bond acceptors (Lipinski definition) is 3. The number of likely N-dealkylation sites (tertiary alicyclic amines) is 1. The van der Waals surface area contributed by atoms with Crippen LogP contribution in [0.3, 0.4) is 0 Å². The van der Waals surface area contributed by atoms with E-state index in [-0.39, 0.29) is 35.6 Å². The lowest BCUT2D eigenvalue weighted by molar-refractivity contribution is -0.127. The predicted octanol–water partition coefficient (Wildman–Crippen LogP) is 8.36. The molecule has 0 aromatic heterocycles. The molecule has 4 nitrogen and oxygen atoms in total. The van der Waals surface area contributed by atoms with E-state index < -0.39 is 0 Å². The number of aliphatic hydroxyl groups is 1. The number of carbonyl (C=O) groups excluding carboxylic acids is 2. The first-order valence-electron chi connectivity index (χ1n) is 14.6. The topological polar surface area (TPSA) is 57.6 Å². The van der Waals surface area contributed by atoms with Crippen molar-refractivity contribution >= 4 is 11.7 Å². The van der Waals surface area contributed by atoms with Crippen LogP contribution in [0.5, 0.6) is 0 Å². The summed E-state index contributed by atoms with van der Waals surface area (Å²) in [6.45, 7) is 2.41. The standard InChI is InChI=1S/C30H51NO3/c1-2-3-4-5-6-7-8-9-10-11-12-13-14-15-16-17-21-24-27(32)29-28(33)25-31(30(29)34)26-22-19-18-20-23-26/h21,24,26,32H,2-20,22-23,25H2,1H3. The predicted molar refractivity (Wildman–Crippen MR) is 142 cm³/mol. The highest BCUT2D eigenvalue weighted by atomic mass is 16.3. The van der Waals surface area contributed by atoms with Crippen LogP contribution >= 0.6 is 0 Å². The van der Waals surface area contributed by atoms with Gasteiger partial charge in [-0.05, 0) is 31.8 Å². The van der Waals surface area contributed by atoms with E-state index in [0.717, 1.165) is 38.5 Å². The van der Waals surface area contributed by atoms with Gasteiger partial charge in [0.25, 0.3) is 5.91 Å². The fourth-order valence-corrected chi connectivity index (χ4v) is 5.42.